The molecule has 0 radical (unpaired) electrons. The van der Waals surface area contributed by atoms with Crippen LogP contribution in [-0.4, -0.2) is 5.91 Å². The van der Waals surface area contributed by atoms with Crippen molar-refractivity contribution in [1.82, 2.24) is 0 Å². The standard InChI is InChI=1S/C24H31NO/c1-17-14-21(16-22(15-17)23(25)26)20-8-6-18(7-9-20)4-5-19-10-12-24(2,3)13-11-19/h6-9,14-16,19H,4-5,10-13H2,1-3H3,(H2,25,26). The lowest BCUT2D eigenvalue weighted by atomic mass is 9.72. The van der Waals surface area contributed by atoms with Gasteiger partial charge in [0.05, 0.1) is 0 Å². The van der Waals surface area contributed by atoms with Crippen molar-refractivity contribution in [2.75, 3.05) is 0 Å². The second-order valence-corrected chi connectivity index (χ2v) is 8.80. The van der Waals surface area contributed by atoms with Crippen molar-refractivity contribution in [2.24, 2.45) is 17.1 Å². The summed E-state index contributed by atoms with van der Waals surface area (Å²) in [6, 6.07) is 14.6. The number of carbonyl (C=O) groups is 1. The summed E-state index contributed by atoms with van der Waals surface area (Å²) < 4.78 is 0. The third kappa shape index (κ3) is 4.75. The maximum absolute atomic E-state index is 11.5. The van der Waals surface area contributed by atoms with Gasteiger partial charge in [-0.3, -0.25) is 4.79 Å². The normalized spacial score (nSPS) is 17.2. The van der Waals surface area contributed by atoms with E-state index in [1.165, 1.54) is 37.7 Å². The number of aryl methyl sites for hydroxylation is 2. The van der Waals surface area contributed by atoms with E-state index >= 15 is 0 Å². The molecule has 0 aliphatic heterocycles. The summed E-state index contributed by atoms with van der Waals surface area (Å²) in [7, 11) is 0. The summed E-state index contributed by atoms with van der Waals surface area (Å²) in [5, 5.41) is 0. The van der Waals surface area contributed by atoms with Crippen LogP contribution in [0.4, 0.5) is 0 Å². The van der Waals surface area contributed by atoms with Crippen molar-refractivity contribution in [1.29, 1.82) is 0 Å². The Morgan fingerprint density at radius 2 is 1.69 bits per heavy atom. The average molecular weight is 350 g/mol. The Bertz CT molecular complexity index is 763. The van der Waals surface area contributed by atoms with E-state index in [0.717, 1.165) is 29.0 Å². The molecule has 1 amide bonds. The topological polar surface area (TPSA) is 43.1 Å². The van der Waals surface area contributed by atoms with Crippen LogP contribution in [0.25, 0.3) is 11.1 Å². The first-order chi connectivity index (χ1) is 12.3. The van der Waals surface area contributed by atoms with Gasteiger partial charge in [0.15, 0.2) is 0 Å². The van der Waals surface area contributed by atoms with E-state index in [1.54, 1.807) is 0 Å². The number of carbonyl (C=O) groups excluding carboxylic acids is 1. The summed E-state index contributed by atoms with van der Waals surface area (Å²) in [6.45, 7) is 6.80. The van der Waals surface area contributed by atoms with Gasteiger partial charge in [0, 0.05) is 5.56 Å². The molecule has 3 rings (SSSR count). The molecular formula is C24H31NO. The van der Waals surface area contributed by atoms with Crippen LogP contribution in [-0.2, 0) is 6.42 Å². The molecule has 138 valence electrons. The van der Waals surface area contributed by atoms with Gasteiger partial charge in [-0.2, -0.15) is 0 Å². The number of benzene rings is 2. The van der Waals surface area contributed by atoms with Crippen LogP contribution in [0, 0.1) is 18.3 Å². The van der Waals surface area contributed by atoms with Crippen LogP contribution < -0.4 is 5.73 Å². The Labute approximate surface area is 157 Å². The van der Waals surface area contributed by atoms with E-state index in [0.29, 0.717) is 11.0 Å². The van der Waals surface area contributed by atoms with Crippen molar-refractivity contribution in [3.8, 4) is 11.1 Å². The van der Waals surface area contributed by atoms with E-state index in [9.17, 15) is 4.79 Å². The Balaban J connectivity index is 1.63. The maximum atomic E-state index is 11.5. The average Bonchev–Trinajstić information content (AvgIpc) is 2.60. The number of amides is 1. The second kappa shape index (κ2) is 7.65. The first-order valence-corrected chi connectivity index (χ1v) is 9.83. The fraction of sp³-hybridized carbons (Fsp3) is 0.458. The molecule has 1 aliphatic rings. The highest BCUT2D eigenvalue weighted by molar-refractivity contribution is 5.94. The first-order valence-electron chi connectivity index (χ1n) is 9.83. The van der Waals surface area contributed by atoms with Crippen molar-refractivity contribution in [3.63, 3.8) is 0 Å². The van der Waals surface area contributed by atoms with Gasteiger partial charge >= 0.3 is 0 Å². The largest absolute Gasteiger partial charge is 0.366 e. The number of nitrogens with two attached hydrogens (primary N) is 1. The molecule has 1 saturated carbocycles. The van der Waals surface area contributed by atoms with Crippen molar-refractivity contribution in [3.05, 3.63) is 59.2 Å². The Hall–Kier alpha value is -2.09. The van der Waals surface area contributed by atoms with Gasteiger partial charge in [-0.05, 0) is 91.2 Å². The maximum Gasteiger partial charge on any atom is 0.248 e. The molecule has 26 heavy (non-hydrogen) atoms. The molecule has 0 heterocycles. The molecule has 2 aromatic rings. The number of hydrogen-bond acceptors (Lipinski definition) is 1. The van der Waals surface area contributed by atoms with Gasteiger partial charge in [0.25, 0.3) is 0 Å². The zero-order valence-corrected chi connectivity index (χ0v) is 16.3. The van der Waals surface area contributed by atoms with Crippen LogP contribution >= 0.6 is 0 Å². The lowest BCUT2D eigenvalue weighted by Crippen LogP contribution is -2.21. The summed E-state index contributed by atoms with van der Waals surface area (Å²) in [6.07, 6.45) is 7.95. The van der Waals surface area contributed by atoms with Crippen molar-refractivity contribution < 1.29 is 4.79 Å². The zero-order chi connectivity index (χ0) is 18.7. The number of primary amides is 1. The highest BCUT2D eigenvalue weighted by atomic mass is 16.1. The van der Waals surface area contributed by atoms with E-state index in [2.05, 4.69) is 44.2 Å². The van der Waals surface area contributed by atoms with Gasteiger partial charge in [-0.15, -0.1) is 0 Å². The minimum absolute atomic E-state index is 0.373. The van der Waals surface area contributed by atoms with Crippen LogP contribution in [0.2, 0.25) is 0 Å². The van der Waals surface area contributed by atoms with E-state index in [-0.39, 0.29) is 5.91 Å². The molecule has 2 heteroatoms. The number of rotatable bonds is 5. The lowest BCUT2D eigenvalue weighted by Gasteiger charge is -2.34. The van der Waals surface area contributed by atoms with Gasteiger partial charge in [-0.25, -0.2) is 0 Å². The fourth-order valence-electron chi connectivity index (χ4n) is 4.07. The number of hydrogen-bond donors (Lipinski definition) is 1. The van der Waals surface area contributed by atoms with Crippen LogP contribution in [0.5, 0.6) is 0 Å². The first kappa shape index (κ1) is 18.7. The highest BCUT2D eigenvalue weighted by Crippen LogP contribution is 2.39. The van der Waals surface area contributed by atoms with Crippen LogP contribution in [0.15, 0.2) is 42.5 Å². The molecule has 0 spiro atoms. The molecule has 0 saturated heterocycles. The Morgan fingerprint density at radius 1 is 1.04 bits per heavy atom. The zero-order valence-electron chi connectivity index (χ0n) is 16.3. The fourth-order valence-corrected chi connectivity index (χ4v) is 4.07. The summed E-state index contributed by atoms with van der Waals surface area (Å²) in [5.74, 6) is 0.514. The third-order valence-corrected chi connectivity index (χ3v) is 5.95. The van der Waals surface area contributed by atoms with Gasteiger partial charge in [-0.1, -0.05) is 44.2 Å². The Kier molecular flexibility index (Phi) is 5.50. The van der Waals surface area contributed by atoms with Crippen LogP contribution in [0.3, 0.4) is 0 Å². The SMILES string of the molecule is Cc1cc(C(N)=O)cc(-c2ccc(CCC3CCC(C)(C)CC3)cc2)c1. The van der Waals surface area contributed by atoms with E-state index in [4.69, 9.17) is 5.73 Å². The third-order valence-electron chi connectivity index (χ3n) is 5.95. The summed E-state index contributed by atoms with van der Waals surface area (Å²) in [4.78, 5) is 11.5. The molecular weight excluding hydrogens is 318 g/mol. The molecule has 1 aliphatic carbocycles. The molecule has 2 nitrogen and oxygen atoms in total. The minimum atomic E-state index is -0.373. The summed E-state index contributed by atoms with van der Waals surface area (Å²) in [5.41, 5.74) is 11.2. The molecule has 0 unspecified atom stereocenters. The lowest BCUT2D eigenvalue weighted by molar-refractivity contribution is 0.1000. The molecule has 0 aromatic heterocycles. The highest BCUT2D eigenvalue weighted by Gasteiger charge is 2.26. The molecule has 2 aromatic carbocycles. The molecule has 1 fully saturated rings. The second-order valence-electron chi connectivity index (χ2n) is 8.80. The minimum Gasteiger partial charge on any atom is -0.366 e. The van der Waals surface area contributed by atoms with Crippen LogP contribution in [0.1, 0.15) is 67.4 Å². The molecule has 0 atom stereocenters. The molecule has 0 bridgehead atoms. The Morgan fingerprint density at radius 3 is 2.31 bits per heavy atom. The predicted molar refractivity (Wildman–Crippen MR) is 109 cm³/mol. The van der Waals surface area contributed by atoms with Gasteiger partial charge in [0.2, 0.25) is 5.91 Å². The van der Waals surface area contributed by atoms with Crippen molar-refractivity contribution >= 4 is 5.91 Å². The quantitative estimate of drug-likeness (QED) is 0.716. The van der Waals surface area contributed by atoms with Crippen molar-refractivity contribution in [2.45, 2.75) is 59.3 Å². The molecule has 2 N–H and O–H groups in total. The monoisotopic (exact) mass is 349 g/mol. The predicted octanol–water partition coefficient (Wildman–Crippen LogP) is 5.91. The van der Waals surface area contributed by atoms with E-state index in [1.807, 2.05) is 19.1 Å². The summed E-state index contributed by atoms with van der Waals surface area (Å²) >= 11 is 0. The van der Waals surface area contributed by atoms with E-state index < -0.39 is 0 Å². The van der Waals surface area contributed by atoms with Gasteiger partial charge < -0.3 is 5.73 Å². The van der Waals surface area contributed by atoms with Gasteiger partial charge in [0.1, 0.15) is 0 Å². The smallest absolute Gasteiger partial charge is 0.248 e.